The number of aryl methyl sites for hydroxylation is 2. The van der Waals surface area contributed by atoms with Crippen LogP contribution in [0.3, 0.4) is 0 Å². The number of fused-ring (bicyclic) bond motifs is 2. The molecule has 4 rings (SSSR count). The zero-order chi connectivity index (χ0) is 19.0. The van der Waals surface area contributed by atoms with Crippen molar-refractivity contribution in [1.82, 2.24) is 0 Å². The van der Waals surface area contributed by atoms with Gasteiger partial charge in [-0.25, -0.2) is 4.79 Å². The fourth-order valence-corrected chi connectivity index (χ4v) is 4.75. The van der Waals surface area contributed by atoms with Gasteiger partial charge in [0, 0.05) is 22.5 Å². The van der Waals surface area contributed by atoms with Crippen LogP contribution in [-0.4, -0.2) is 24.3 Å². The van der Waals surface area contributed by atoms with Crippen molar-refractivity contribution >= 4 is 34.7 Å². The van der Waals surface area contributed by atoms with Crippen molar-refractivity contribution in [3.63, 3.8) is 0 Å². The third-order valence-electron chi connectivity index (χ3n) is 5.19. The normalized spacial score (nSPS) is 18.3. The van der Waals surface area contributed by atoms with Crippen LogP contribution in [0.5, 0.6) is 0 Å². The van der Waals surface area contributed by atoms with E-state index in [2.05, 4.69) is 12.2 Å². The predicted molar refractivity (Wildman–Crippen MR) is 104 cm³/mol. The Kier molecular flexibility index (Phi) is 4.83. The Morgan fingerprint density at radius 1 is 1.19 bits per heavy atom. The summed E-state index contributed by atoms with van der Waals surface area (Å²) in [5.74, 6) is -0.0338. The fourth-order valence-electron chi connectivity index (χ4n) is 3.65. The average Bonchev–Trinajstić information content (AvgIpc) is 3.08. The van der Waals surface area contributed by atoms with Gasteiger partial charge < -0.3 is 10.1 Å². The summed E-state index contributed by atoms with van der Waals surface area (Å²) in [6, 6.07) is 7.09. The number of ether oxygens (including phenoxy) is 1. The van der Waals surface area contributed by atoms with Gasteiger partial charge in [0.2, 0.25) is 5.91 Å². The summed E-state index contributed by atoms with van der Waals surface area (Å²) in [4.78, 5) is 38.0. The minimum absolute atomic E-state index is 0.0106. The maximum atomic E-state index is 12.4. The minimum Gasteiger partial charge on any atom is -0.453 e. The van der Waals surface area contributed by atoms with Gasteiger partial charge in [0.05, 0.1) is 0 Å². The van der Waals surface area contributed by atoms with E-state index in [1.807, 2.05) is 6.07 Å². The molecule has 2 heterocycles. The summed E-state index contributed by atoms with van der Waals surface area (Å²) in [5.41, 5.74) is 3.43. The molecule has 140 valence electrons. The predicted octanol–water partition coefficient (Wildman–Crippen LogP) is 3.80. The number of hydrogen-bond donors (Lipinski definition) is 1. The van der Waals surface area contributed by atoms with Gasteiger partial charge in [-0.1, -0.05) is 6.92 Å². The lowest BCUT2D eigenvalue weighted by Crippen LogP contribution is -2.20. The lowest BCUT2D eigenvalue weighted by atomic mass is 9.90. The summed E-state index contributed by atoms with van der Waals surface area (Å²) in [6.45, 7) is 1.95. The molecule has 2 aromatic rings. The van der Waals surface area contributed by atoms with Crippen molar-refractivity contribution in [3.05, 3.63) is 50.7 Å². The number of carbonyl (C=O) groups is 3. The molecule has 0 fully saturated rings. The molecule has 2 aliphatic rings. The van der Waals surface area contributed by atoms with Gasteiger partial charge in [0.1, 0.15) is 4.88 Å². The highest BCUT2D eigenvalue weighted by molar-refractivity contribution is 7.14. The molecular formula is C21H21NO4S. The van der Waals surface area contributed by atoms with E-state index in [1.54, 1.807) is 18.2 Å². The van der Waals surface area contributed by atoms with Crippen LogP contribution >= 0.6 is 11.3 Å². The maximum absolute atomic E-state index is 12.4. The Bertz CT molecular complexity index is 930. The monoisotopic (exact) mass is 383 g/mol. The SMILES string of the molecule is C[C@@H]1CCc2sc(C(=O)OCC(=O)c3ccc4c(c3)CCC(=O)N4)cc2C1. The zero-order valence-corrected chi connectivity index (χ0v) is 16.0. The summed E-state index contributed by atoms with van der Waals surface area (Å²) >= 11 is 1.49. The summed E-state index contributed by atoms with van der Waals surface area (Å²) in [6.07, 6.45) is 4.20. The highest BCUT2D eigenvalue weighted by Crippen LogP contribution is 2.32. The molecular weight excluding hydrogens is 362 g/mol. The van der Waals surface area contributed by atoms with Crippen molar-refractivity contribution < 1.29 is 19.1 Å². The lowest BCUT2D eigenvalue weighted by Gasteiger charge is -2.17. The van der Waals surface area contributed by atoms with E-state index in [-0.39, 0.29) is 18.3 Å². The van der Waals surface area contributed by atoms with Gasteiger partial charge in [0.15, 0.2) is 12.4 Å². The number of rotatable bonds is 4. The number of hydrogen-bond acceptors (Lipinski definition) is 5. The molecule has 0 spiro atoms. The topological polar surface area (TPSA) is 72.5 Å². The van der Waals surface area contributed by atoms with E-state index in [0.717, 1.165) is 30.5 Å². The lowest BCUT2D eigenvalue weighted by molar-refractivity contribution is -0.116. The van der Waals surface area contributed by atoms with E-state index in [1.165, 1.54) is 21.8 Å². The van der Waals surface area contributed by atoms with Gasteiger partial charge in [-0.3, -0.25) is 9.59 Å². The van der Waals surface area contributed by atoms with E-state index in [9.17, 15) is 14.4 Å². The standard InChI is InChI=1S/C21H21NO4S/c1-12-2-6-18-15(8-12)10-19(27-18)21(25)26-11-17(23)14-3-5-16-13(9-14)4-7-20(24)22-16/h3,5,9-10,12H,2,4,6-8,11H2,1H3,(H,22,24)/t12-/m1/s1. The average molecular weight is 383 g/mol. The molecule has 0 bridgehead atoms. The molecule has 1 aromatic heterocycles. The molecule has 1 aliphatic carbocycles. The molecule has 6 heteroatoms. The molecule has 0 saturated heterocycles. The fraction of sp³-hybridized carbons (Fsp3) is 0.381. The molecule has 0 unspecified atom stereocenters. The van der Waals surface area contributed by atoms with Gasteiger partial charge in [-0.2, -0.15) is 0 Å². The van der Waals surface area contributed by atoms with Crippen molar-refractivity contribution in [1.29, 1.82) is 0 Å². The first-order valence-electron chi connectivity index (χ1n) is 9.24. The summed E-state index contributed by atoms with van der Waals surface area (Å²) in [5, 5.41) is 2.79. The van der Waals surface area contributed by atoms with Crippen molar-refractivity contribution in [2.24, 2.45) is 5.92 Å². The Labute approximate surface area is 161 Å². The van der Waals surface area contributed by atoms with Gasteiger partial charge >= 0.3 is 5.97 Å². The second-order valence-electron chi connectivity index (χ2n) is 7.33. The molecule has 0 saturated carbocycles. The Morgan fingerprint density at radius 2 is 2.04 bits per heavy atom. The van der Waals surface area contributed by atoms with Crippen molar-refractivity contribution in [2.45, 2.75) is 39.0 Å². The summed E-state index contributed by atoms with van der Waals surface area (Å²) < 4.78 is 5.26. The highest BCUT2D eigenvalue weighted by atomic mass is 32.1. The molecule has 27 heavy (non-hydrogen) atoms. The van der Waals surface area contributed by atoms with Crippen LogP contribution in [0.25, 0.3) is 0 Å². The number of esters is 1. The number of Topliss-reactive ketones (excluding diaryl/α,β-unsaturated/α-hetero) is 1. The van der Waals surface area contributed by atoms with E-state index < -0.39 is 5.97 Å². The van der Waals surface area contributed by atoms with Crippen LogP contribution in [0.4, 0.5) is 5.69 Å². The molecule has 1 aliphatic heterocycles. The minimum atomic E-state index is -0.430. The van der Waals surface area contributed by atoms with Crippen LogP contribution in [-0.2, 0) is 28.8 Å². The molecule has 1 atom stereocenters. The third-order valence-corrected chi connectivity index (χ3v) is 6.40. The van der Waals surface area contributed by atoms with Crippen molar-refractivity contribution in [3.8, 4) is 0 Å². The maximum Gasteiger partial charge on any atom is 0.348 e. The Balaban J connectivity index is 1.39. The van der Waals surface area contributed by atoms with Gasteiger partial charge in [-0.05, 0) is 67.0 Å². The number of nitrogens with one attached hydrogen (secondary N) is 1. The van der Waals surface area contributed by atoms with Crippen LogP contribution in [0, 0.1) is 5.92 Å². The number of ketones is 1. The van der Waals surface area contributed by atoms with Crippen LogP contribution in [0.2, 0.25) is 0 Å². The third kappa shape index (κ3) is 3.81. The van der Waals surface area contributed by atoms with Crippen LogP contribution < -0.4 is 5.32 Å². The molecule has 1 amide bonds. The van der Waals surface area contributed by atoms with E-state index >= 15 is 0 Å². The largest absolute Gasteiger partial charge is 0.453 e. The number of carbonyl (C=O) groups excluding carboxylic acids is 3. The van der Waals surface area contributed by atoms with Crippen LogP contribution in [0.15, 0.2) is 24.3 Å². The Morgan fingerprint density at radius 3 is 2.89 bits per heavy atom. The number of thiophene rings is 1. The van der Waals surface area contributed by atoms with Gasteiger partial charge in [-0.15, -0.1) is 11.3 Å². The first-order chi connectivity index (χ1) is 13.0. The smallest absolute Gasteiger partial charge is 0.348 e. The molecule has 5 nitrogen and oxygen atoms in total. The number of anilines is 1. The second-order valence-corrected chi connectivity index (χ2v) is 8.46. The summed E-state index contributed by atoms with van der Waals surface area (Å²) in [7, 11) is 0. The molecule has 1 N–H and O–H groups in total. The zero-order valence-electron chi connectivity index (χ0n) is 15.2. The quantitative estimate of drug-likeness (QED) is 0.644. The first kappa shape index (κ1) is 17.9. The van der Waals surface area contributed by atoms with Crippen LogP contribution in [0.1, 0.15) is 55.8 Å². The van der Waals surface area contributed by atoms with E-state index in [4.69, 9.17) is 4.74 Å². The highest BCUT2D eigenvalue weighted by Gasteiger charge is 2.22. The second kappa shape index (κ2) is 7.27. The number of benzene rings is 1. The van der Waals surface area contributed by atoms with E-state index in [0.29, 0.717) is 29.2 Å². The Hall–Kier alpha value is -2.47. The van der Waals surface area contributed by atoms with Gasteiger partial charge in [0.25, 0.3) is 0 Å². The number of amides is 1. The molecule has 1 aromatic carbocycles. The molecule has 0 radical (unpaired) electrons. The first-order valence-corrected chi connectivity index (χ1v) is 10.1. The van der Waals surface area contributed by atoms with Crippen molar-refractivity contribution in [2.75, 3.05) is 11.9 Å².